The minimum atomic E-state index is -0.0742. The van der Waals surface area contributed by atoms with Crippen LogP contribution in [0.25, 0.3) is 0 Å². The lowest BCUT2D eigenvalue weighted by Gasteiger charge is -2.06. The van der Waals surface area contributed by atoms with Gasteiger partial charge in [-0.25, -0.2) is 0 Å². The minimum Gasteiger partial charge on any atom is -0.356 e. The van der Waals surface area contributed by atoms with E-state index < -0.39 is 0 Å². The molecule has 3 nitrogen and oxygen atoms in total. The molecule has 0 aliphatic heterocycles. The third-order valence-electron chi connectivity index (χ3n) is 2.49. The van der Waals surface area contributed by atoms with Crippen molar-refractivity contribution in [3.63, 3.8) is 0 Å². The summed E-state index contributed by atoms with van der Waals surface area (Å²) in [4.78, 5) is 11.9. The van der Waals surface area contributed by atoms with Gasteiger partial charge in [0.15, 0.2) is 0 Å². The van der Waals surface area contributed by atoms with Crippen LogP contribution in [0.4, 0.5) is 5.69 Å². The first-order chi connectivity index (χ1) is 7.66. The highest BCUT2D eigenvalue weighted by molar-refractivity contribution is 6.04. The summed E-state index contributed by atoms with van der Waals surface area (Å²) in [5.41, 5.74) is 2.59. The van der Waals surface area contributed by atoms with Gasteiger partial charge in [0.2, 0.25) is 0 Å². The fourth-order valence-corrected chi connectivity index (χ4v) is 1.55. The van der Waals surface area contributed by atoms with Gasteiger partial charge < -0.3 is 9.88 Å². The summed E-state index contributed by atoms with van der Waals surface area (Å²) in [6.45, 7) is 1.97. The number of nitrogens with zero attached hydrogens (tertiary/aromatic N) is 1. The van der Waals surface area contributed by atoms with Gasteiger partial charge in [0.05, 0.1) is 5.56 Å². The first kappa shape index (κ1) is 10.5. The average molecular weight is 214 g/mol. The Morgan fingerprint density at radius 1 is 1.25 bits per heavy atom. The van der Waals surface area contributed by atoms with Crippen LogP contribution in [0.15, 0.2) is 42.7 Å². The normalized spacial score (nSPS) is 10.1. The molecule has 2 aromatic rings. The van der Waals surface area contributed by atoms with Crippen molar-refractivity contribution in [3.05, 3.63) is 53.9 Å². The number of hydrogen-bond donors (Lipinski definition) is 1. The molecule has 0 unspecified atom stereocenters. The highest BCUT2D eigenvalue weighted by atomic mass is 16.1. The topological polar surface area (TPSA) is 34.0 Å². The summed E-state index contributed by atoms with van der Waals surface area (Å²) in [6, 6.07) is 9.53. The van der Waals surface area contributed by atoms with E-state index in [9.17, 15) is 4.79 Å². The fraction of sp³-hybridized carbons (Fsp3) is 0.154. The number of aromatic nitrogens is 1. The number of carbonyl (C=O) groups excluding carboxylic acids is 1. The molecule has 16 heavy (non-hydrogen) atoms. The zero-order chi connectivity index (χ0) is 11.5. The number of nitrogens with one attached hydrogen (secondary N) is 1. The van der Waals surface area contributed by atoms with Crippen molar-refractivity contribution < 1.29 is 4.79 Å². The van der Waals surface area contributed by atoms with Crippen LogP contribution in [0.2, 0.25) is 0 Å². The Morgan fingerprint density at radius 3 is 2.62 bits per heavy atom. The predicted octanol–water partition coefficient (Wildman–Crippen LogP) is 2.59. The number of benzene rings is 1. The molecule has 0 aliphatic rings. The summed E-state index contributed by atoms with van der Waals surface area (Å²) in [5.74, 6) is -0.0742. The Hall–Kier alpha value is -2.03. The maximum Gasteiger partial charge on any atom is 0.257 e. The number of para-hydroxylation sites is 1. The first-order valence-corrected chi connectivity index (χ1v) is 5.16. The highest BCUT2D eigenvalue weighted by Gasteiger charge is 2.07. The monoisotopic (exact) mass is 214 g/mol. The zero-order valence-electron chi connectivity index (χ0n) is 9.40. The van der Waals surface area contributed by atoms with Gasteiger partial charge >= 0.3 is 0 Å². The molecule has 0 fully saturated rings. The van der Waals surface area contributed by atoms with Crippen molar-refractivity contribution in [1.82, 2.24) is 4.57 Å². The van der Waals surface area contributed by atoms with E-state index in [1.807, 2.05) is 49.0 Å². The Bertz CT molecular complexity index is 514. The van der Waals surface area contributed by atoms with Gasteiger partial charge in [0.25, 0.3) is 5.91 Å². The van der Waals surface area contributed by atoms with E-state index in [1.165, 1.54) is 0 Å². The van der Waals surface area contributed by atoms with Gasteiger partial charge in [0, 0.05) is 25.1 Å². The summed E-state index contributed by atoms with van der Waals surface area (Å²) in [5, 5.41) is 2.89. The van der Waals surface area contributed by atoms with Crippen molar-refractivity contribution in [2.75, 3.05) is 5.32 Å². The van der Waals surface area contributed by atoms with Crippen LogP contribution in [0.3, 0.4) is 0 Å². The smallest absolute Gasteiger partial charge is 0.257 e. The van der Waals surface area contributed by atoms with Crippen LogP contribution in [0.5, 0.6) is 0 Å². The van der Waals surface area contributed by atoms with Crippen LogP contribution in [0, 0.1) is 6.92 Å². The van der Waals surface area contributed by atoms with Gasteiger partial charge in [-0.15, -0.1) is 0 Å². The number of rotatable bonds is 2. The summed E-state index contributed by atoms with van der Waals surface area (Å²) in [6.07, 6.45) is 3.65. The largest absolute Gasteiger partial charge is 0.356 e. The van der Waals surface area contributed by atoms with E-state index in [0.717, 1.165) is 11.3 Å². The molecule has 1 aromatic heterocycles. The van der Waals surface area contributed by atoms with Crippen LogP contribution < -0.4 is 5.32 Å². The van der Waals surface area contributed by atoms with Crippen LogP contribution in [-0.2, 0) is 7.05 Å². The third kappa shape index (κ3) is 2.14. The number of amides is 1. The van der Waals surface area contributed by atoms with Crippen molar-refractivity contribution >= 4 is 11.6 Å². The number of hydrogen-bond acceptors (Lipinski definition) is 1. The maximum absolute atomic E-state index is 11.9. The molecule has 0 radical (unpaired) electrons. The molecular formula is C13H14N2O. The number of anilines is 1. The SMILES string of the molecule is Cc1ccccc1NC(=O)c1ccn(C)c1. The van der Waals surface area contributed by atoms with Gasteiger partial charge in [-0.2, -0.15) is 0 Å². The van der Waals surface area contributed by atoms with Gasteiger partial charge in [-0.3, -0.25) is 4.79 Å². The second-order valence-electron chi connectivity index (χ2n) is 3.83. The molecule has 0 saturated heterocycles. The van der Waals surface area contributed by atoms with Crippen molar-refractivity contribution in [1.29, 1.82) is 0 Å². The molecule has 1 amide bonds. The van der Waals surface area contributed by atoms with Crippen LogP contribution in [-0.4, -0.2) is 10.5 Å². The summed E-state index contributed by atoms with van der Waals surface area (Å²) < 4.78 is 1.85. The van der Waals surface area contributed by atoms with Gasteiger partial charge in [-0.05, 0) is 24.6 Å². The molecule has 0 saturated carbocycles. The molecule has 0 bridgehead atoms. The third-order valence-corrected chi connectivity index (χ3v) is 2.49. The van der Waals surface area contributed by atoms with E-state index >= 15 is 0 Å². The molecule has 0 atom stereocenters. The highest BCUT2D eigenvalue weighted by Crippen LogP contribution is 2.14. The lowest BCUT2D eigenvalue weighted by atomic mass is 10.2. The quantitative estimate of drug-likeness (QED) is 0.819. The van der Waals surface area contributed by atoms with Gasteiger partial charge in [-0.1, -0.05) is 18.2 Å². The van der Waals surface area contributed by atoms with E-state index in [-0.39, 0.29) is 5.91 Å². The summed E-state index contributed by atoms with van der Waals surface area (Å²) >= 11 is 0. The average Bonchev–Trinajstić information content (AvgIpc) is 2.68. The predicted molar refractivity (Wildman–Crippen MR) is 64.5 cm³/mol. The molecule has 1 aromatic carbocycles. The van der Waals surface area contributed by atoms with Crippen LogP contribution >= 0.6 is 0 Å². The molecule has 1 N–H and O–H groups in total. The van der Waals surface area contributed by atoms with Crippen molar-refractivity contribution in [2.24, 2.45) is 7.05 Å². The second-order valence-corrected chi connectivity index (χ2v) is 3.83. The Balaban J connectivity index is 2.17. The number of carbonyl (C=O) groups is 1. The van der Waals surface area contributed by atoms with E-state index in [0.29, 0.717) is 5.56 Å². The molecule has 82 valence electrons. The Labute approximate surface area is 94.7 Å². The zero-order valence-corrected chi connectivity index (χ0v) is 9.40. The Morgan fingerprint density at radius 2 is 2.00 bits per heavy atom. The molecule has 1 heterocycles. The second kappa shape index (κ2) is 4.23. The number of aryl methyl sites for hydroxylation is 2. The molecule has 3 heteroatoms. The molecule has 0 spiro atoms. The minimum absolute atomic E-state index is 0.0742. The van der Waals surface area contributed by atoms with Crippen molar-refractivity contribution in [3.8, 4) is 0 Å². The summed E-state index contributed by atoms with van der Waals surface area (Å²) in [7, 11) is 1.89. The van der Waals surface area contributed by atoms with E-state index in [2.05, 4.69) is 5.32 Å². The molecule has 0 aliphatic carbocycles. The van der Waals surface area contributed by atoms with E-state index in [1.54, 1.807) is 12.3 Å². The lowest BCUT2D eigenvalue weighted by Crippen LogP contribution is -2.11. The van der Waals surface area contributed by atoms with E-state index in [4.69, 9.17) is 0 Å². The lowest BCUT2D eigenvalue weighted by molar-refractivity contribution is 0.102. The van der Waals surface area contributed by atoms with Gasteiger partial charge in [0.1, 0.15) is 0 Å². The van der Waals surface area contributed by atoms with Crippen LogP contribution in [0.1, 0.15) is 15.9 Å². The van der Waals surface area contributed by atoms with Crippen molar-refractivity contribution in [2.45, 2.75) is 6.92 Å². The standard InChI is InChI=1S/C13H14N2O/c1-10-5-3-4-6-12(10)14-13(16)11-7-8-15(2)9-11/h3-9H,1-2H3,(H,14,16). The first-order valence-electron chi connectivity index (χ1n) is 5.16. The maximum atomic E-state index is 11.9. The Kier molecular flexibility index (Phi) is 2.77. The molecule has 2 rings (SSSR count). The fourth-order valence-electron chi connectivity index (χ4n) is 1.55. The molecular weight excluding hydrogens is 200 g/mol.